The molecule has 0 spiro atoms. The first-order chi connectivity index (χ1) is 8.63. The van der Waals surface area contributed by atoms with Crippen LogP contribution in [-0.2, 0) is 0 Å². The SMILES string of the molecule is COc1cc(C)c(C2CSCCN2)cc1C(C)C. The number of hydrogen-bond donors (Lipinski definition) is 1. The molecule has 1 heterocycles. The van der Waals surface area contributed by atoms with Crippen molar-refractivity contribution in [2.75, 3.05) is 25.2 Å². The highest BCUT2D eigenvalue weighted by Gasteiger charge is 2.19. The number of rotatable bonds is 3. The number of thioether (sulfide) groups is 1. The Morgan fingerprint density at radius 1 is 1.39 bits per heavy atom. The molecule has 1 fully saturated rings. The fourth-order valence-electron chi connectivity index (χ4n) is 2.48. The number of nitrogens with one attached hydrogen (secondary N) is 1. The summed E-state index contributed by atoms with van der Waals surface area (Å²) < 4.78 is 5.50. The van der Waals surface area contributed by atoms with Crippen LogP contribution in [0.25, 0.3) is 0 Å². The molecule has 18 heavy (non-hydrogen) atoms. The minimum absolute atomic E-state index is 0.493. The van der Waals surface area contributed by atoms with E-state index >= 15 is 0 Å². The molecular formula is C15H23NOS. The van der Waals surface area contributed by atoms with Gasteiger partial charge in [-0.15, -0.1) is 0 Å². The van der Waals surface area contributed by atoms with Crippen molar-refractivity contribution in [1.82, 2.24) is 5.32 Å². The van der Waals surface area contributed by atoms with Crippen LogP contribution in [-0.4, -0.2) is 25.2 Å². The Hall–Kier alpha value is -0.670. The van der Waals surface area contributed by atoms with Crippen molar-refractivity contribution in [3.8, 4) is 5.75 Å². The predicted octanol–water partition coefficient (Wildman–Crippen LogP) is 3.50. The lowest BCUT2D eigenvalue weighted by Crippen LogP contribution is -2.30. The Morgan fingerprint density at radius 2 is 2.17 bits per heavy atom. The van der Waals surface area contributed by atoms with Crippen LogP contribution in [0, 0.1) is 6.92 Å². The molecule has 1 atom stereocenters. The third kappa shape index (κ3) is 2.83. The molecule has 1 aromatic rings. The number of ether oxygens (including phenoxy) is 1. The van der Waals surface area contributed by atoms with Crippen LogP contribution in [0.1, 0.15) is 42.5 Å². The van der Waals surface area contributed by atoms with Gasteiger partial charge in [0.2, 0.25) is 0 Å². The molecule has 1 N–H and O–H groups in total. The second kappa shape index (κ2) is 5.98. The number of hydrogen-bond acceptors (Lipinski definition) is 3. The number of methoxy groups -OCH3 is 1. The van der Waals surface area contributed by atoms with Gasteiger partial charge in [0, 0.05) is 24.1 Å². The lowest BCUT2D eigenvalue weighted by atomic mass is 9.93. The van der Waals surface area contributed by atoms with Crippen LogP contribution in [0.15, 0.2) is 12.1 Å². The molecule has 0 amide bonds. The van der Waals surface area contributed by atoms with Crippen molar-refractivity contribution in [2.24, 2.45) is 0 Å². The normalized spacial score (nSPS) is 20.2. The summed E-state index contributed by atoms with van der Waals surface area (Å²) in [5.41, 5.74) is 4.08. The highest BCUT2D eigenvalue weighted by atomic mass is 32.2. The van der Waals surface area contributed by atoms with E-state index in [0.717, 1.165) is 12.3 Å². The van der Waals surface area contributed by atoms with E-state index < -0.39 is 0 Å². The Balaban J connectivity index is 2.37. The molecule has 1 aromatic carbocycles. The Bertz CT molecular complexity index is 411. The van der Waals surface area contributed by atoms with Crippen molar-refractivity contribution in [3.05, 3.63) is 28.8 Å². The largest absolute Gasteiger partial charge is 0.496 e. The molecule has 2 rings (SSSR count). The van der Waals surface area contributed by atoms with E-state index in [1.54, 1.807) is 7.11 Å². The minimum Gasteiger partial charge on any atom is -0.496 e. The maximum Gasteiger partial charge on any atom is 0.122 e. The van der Waals surface area contributed by atoms with Gasteiger partial charge in [0.25, 0.3) is 0 Å². The first kappa shape index (κ1) is 13.8. The lowest BCUT2D eigenvalue weighted by Gasteiger charge is -2.26. The third-order valence-electron chi connectivity index (χ3n) is 3.54. The van der Waals surface area contributed by atoms with Crippen LogP contribution in [0.2, 0.25) is 0 Å². The van der Waals surface area contributed by atoms with Gasteiger partial charge in [0.05, 0.1) is 7.11 Å². The van der Waals surface area contributed by atoms with Crippen LogP contribution in [0.5, 0.6) is 5.75 Å². The van der Waals surface area contributed by atoms with Gasteiger partial charge >= 0.3 is 0 Å². The smallest absolute Gasteiger partial charge is 0.122 e. The van der Waals surface area contributed by atoms with Gasteiger partial charge in [0.1, 0.15) is 5.75 Å². The maximum atomic E-state index is 5.50. The zero-order valence-corrected chi connectivity index (χ0v) is 12.6. The van der Waals surface area contributed by atoms with Gasteiger partial charge in [0.15, 0.2) is 0 Å². The zero-order chi connectivity index (χ0) is 13.1. The quantitative estimate of drug-likeness (QED) is 0.903. The van der Waals surface area contributed by atoms with E-state index in [-0.39, 0.29) is 0 Å². The van der Waals surface area contributed by atoms with Gasteiger partial charge < -0.3 is 10.1 Å². The molecule has 1 unspecified atom stereocenters. The standard InChI is InChI=1S/C15H23NOS/c1-10(2)12-8-13(11(3)7-15(12)17-4)14-9-18-6-5-16-14/h7-8,10,14,16H,5-6,9H2,1-4H3. The Labute approximate surface area is 114 Å². The van der Waals surface area contributed by atoms with Gasteiger partial charge in [-0.1, -0.05) is 13.8 Å². The van der Waals surface area contributed by atoms with Gasteiger partial charge in [-0.05, 0) is 41.7 Å². The second-order valence-electron chi connectivity index (χ2n) is 5.19. The molecule has 1 aliphatic rings. The first-order valence-electron chi connectivity index (χ1n) is 6.63. The van der Waals surface area contributed by atoms with Crippen LogP contribution in [0.3, 0.4) is 0 Å². The summed E-state index contributed by atoms with van der Waals surface area (Å²) in [5.74, 6) is 3.92. The molecule has 2 nitrogen and oxygen atoms in total. The predicted molar refractivity (Wildman–Crippen MR) is 79.9 cm³/mol. The summed E-state index contributed by atoms with van der Waals surface area (Å²) in [6.45, 7) is 7.74. The van der Waals surface area contributed by atoms with E-state index in [1.165, 1.54) is 28.2 Å². The van der Waals surface area contributed by atoms with Crippen molar-refractivity contribution >= 4 is 11.8 Å². The number of aryl methyl sites for hydroxylation is 1. The minimum atomic E-state index is 0.493. The van der Waals surface area contributed by atoms with E-state index in [4.69, 9.17) is 4.74 Å². The van der Waals surface area contributed by atoms with Crippen molar-refractivity contribution in [2.45, 2.75) is 32.7 Å². The van der Waals surface area contributed by atoms with Crippen LogP contribution < -0.4 is 10.1 Å². The van der Waals surface area contributed by atoms with Crippen molar-refractivity contribution in [3.63, 3.8) is 0 Å². The summed E-state index contributed by atoms with van der Waals surface area (Å²) in [7, 11) is 1.76. The van der Waals surface area contributed by atoms with Crippen molar-refractivity contribution < 1.29 is 4.74 Å². The molecule has 1 aliphatic heterocycles. The Morgan fingerprint density at radius 3 is 2.72 bits per heavy atom. The van der Waals surface area contributed by atoms with E-state index in [2.05, 4.69) is 38.2 Å². The van der Waals surface area contributed by atoms with Crippen LogP contribution in [0.4, 0.5) is 0 Å². The van der Waals surface area contributed by atoms with Gasteiger partial charge in [-0.25, -0.2) is 0 Å². The molecule has 3 heteroatoms. The summed E-state index contributed by atoms with van der Waals surface area (Å²) in [4.78, 5) is 0. The molecule has 0 radical (unpaired) electrons. The summed E-state index contributed by atoms with van der Waals surface area (Å²) in [6.07, 6.45) is 0. The molecule has 0 bridgehead atoms. The van der Waals surface area contributed by atoms with E-state index in [9.17, 15) is 0 Å². The molecule has 0 aromatic heterocycles. The molecule has 0 saturated carbocycles. The highest BCUT2D eigenvalue weighted by Crippen LogP contribution is 2.33. The van der Waals surface area contributed by atoms with Crippen molar-refractivity contribution in [1.29, 1.82) is 0 Å². The average molecular weight is 265 g/mol. The number of benzene rings is 1. The van der Waals surface area contributed by atoms with Gasteiger partial charge in [-0.2, -0.15) is 11.8 Å². The lowest BCUT2D eigenvalue weighted by molar-refractivity contribution is 0.406. The van der Waals surface area contributed by atoms with Gasteiger partial charge in [-0.3, -0.25) is 0 Å². The summed E-state index contributed by atoms with van der Waals surface area (Å²) >= 11 is 2.04. The Kier molecular flexibility index (Phi) is 4.57. The van der Waals surface area contributed by atoms with E-state index in [0.29, 0.717) is 12.0 Å². The monoisotopic (exact) mass is 265 g/mol. The molecular weight excluding hydrogens is 242 g/mol. The average Bonchev–Trinajstić information content (AvgIpc) is 2.39. The first-order valence-corrected chi connectivity index (χ1v) is 7.78. The van der Waals surface area contributed by atoms with E-state index in [1.807, 2.05) is 11.8 Å². The topological polar surface area (TPSA) is 21.3 Å². The maximum absolute atomic E-state index is 5.50. The fourth-order valence-corrected chi connectivity index (χ4v) is 3.45. The highest BCUT2D eigenvalue weighted by molar-refractivity contribution is 7.99. The third-order valence-corrected chi connectivity index (χ3v) is 4.60. The summed E-state index contributed by atoms with van der Waals surface area (Å²) in [6, 6.07) is 5.01. The summed E-state index contributed by atoms with van der Waals surface area (Å²) in [5, 5.41) is 3.62. The molecule has 0 aliphatic carbocycles. The van der Waals surface area contributed by atoms with Crippen LogP contribution >= 0.6 is 11.8 Å². The molecule has 1 saturated heterocycles. The second-order valence-corrected chi connectivity index (χ2v) is 6.34. The fraction of sp³-hybridized carbons (Fsp3) is 0.600. The zero-order valence-electron chi connectivity index (χ0n) is 11.7. The molecule has 100 valence electrons.